The SMILES string of the molecule is COCC1C(=O)NCC12CCN(C(=O)Cc1ccsc1)CC2. The Labute approximate surface area is 134 Å². The first kappa shape index (κ1) is 15.5. The zero-order valence-corrected chi connectivity index (χ0v) is 13.7. The summed E-state index contributed by atoms with van der Waals surface area (Å²) in [5, 5.41) is 7.00. The molecule has 0 aromatic carbocycles. The van der Waals surface area contributed by atoms with Gasteiger partial charge in [0.15, 0.2) is 0 Å². The molecule has 120 valence electrons. The Morgan fingerprint density at radius 1 is 1.50 bits per heavy atom. The van der Waals surface area contributed by atoms with Crippen LogP contribution in [0.2, 0.25) is 0 Å². The van der Waals surface area contributed by atoms with Crippen molar-refractivity contribution in [3.8, 4) is 0 Å². The molecule has 2 aliphatic heterocycles. The quantitative estimate of drug-likeness (QED) is 0.909. The Morgan fingerprint density at radius 2 is 2.27 bits per heavy atom. The van der Waals surface area contributed by atoms with E-state index >= 15 is 0 Å². The maximum atomic E-state index is 12.4. The van der Waals surface area contributed by atoms with E-state index in [0.29, 0.717) is 19.6 Å². The summed E-state index contributed by atoms with van der Waals surface area (Å²) < 4.78 is 5.23. The van der Waals surface area contributed by atoms with Gasteiger partial charge in [0.25, 0.3) is 0 Å². The lowest BCUT2D eigenvalue weighted by Crippen LogP contribution is -2.47. The van der Waals surface area contributed by atoms with E-state index in [2.05, 4.69) is 5.32 Å². The Morgan fingerprint density at radius 3 is 2.91 bits per heavy atom. The molecule has 1 unspecified atom stereocenters. The van der Waals surface area contributed by atoms with E-state index in [1.165, 1.54) is 0 Å². The lowest BCUT2D eigenvalue weighted by Gasteiger charge is -2.41. The van der Waals surface area contributed by atoms with Gasteiger partial charge in [0, 0.05) is 32.2 Å². The third-order valence-electron chi connectivity index (χ3n) is 5.05. The largest absolute Gasteiger partial charge is 0.384 e. The van der Waals surface area contributed by atoms with E-state index < -0.39 is 0 Å². The van der Waals surface area contributed by atoms with Crippen LogP contribution in [0.15, 0.2) is 16.8 Å². The molecule has 0 aliphatic carbocycles. The van der Waals surface area contributed by atoms with Gasteiger partial charge in [-0.15, -0.1) is 0 Å². The molecule has 0 radical (unpaired) electrons. The number of nitrogens with one attached hydrogen (secondary N) is 1. The van der Waals surface area contributed by atoms with Gasteiger partial charge in [0.2, 0.25) is 11.8 Å². The number of nitrogens with zero attached hydrogens (tertiary/aromatic N) is 1. The third-order valence-corrected chi connectivity index (χ3v) is 5.78. The minimum atomic E-state index is -0.0772. The highest BCUT2D eigenvalue weighted by Gasteiger charge is 2.49. The molecule has 1 N–H and O–H groups in total. The molecule has 2 aliphatic rings. The number of rotatable bonds is 4. The van der Waals surface area contributed by atoms with Crippen LogP contribution < -0.4 is 5.32 Å². The second-order valence-corrected chi connectivity index (χ2v) is 7.06. The summed E-state index contributed by atoms with van der Waals surface area (Å²) in [5.74, 6) is 0.209. The summed E-state index contributed by atoms with van der Waals surface area (Å²) in [7, 11) is 1.64. The molecule has 2 fully saturated rings. The number of piperidine rings is 1. The average molecular weight is 322 g/mol. The van der Waals surface area contributed by atoms with E-state index in [-0.39, 0.29) is 23.1 Å². The molecule has 1 atom stereocenters. The van der Waals surface area contributed by atoms with Crippen LogP contribution in [0.5, 0.6) is 0 Å². The standard InChI is InChI=1S/C16H22N2O3S/c1-21-9-13-15(20)17-11-16(13)3-5-18(6-4-16)14(19)8-12-2-7-22-10-12/h2,7,10,13H,3-6,8-9,11H2,1H3,(H,17,20). The Kier molecular flexibility index (Phi) is 4.49. The predicted octanol–water partition coefficient (Wildman–Crippen LogP) is 1.29. The van der Waals surface area contributed by atoms with Gasteiger partial charge < -0.3 is 15.0 Å². The molecular weight excluding hydrogens is 300 g/mol. The maximum Gasteiger partial charge on any atom is 0.227 e. The van der Waals surface area contributed by atoms with Gasteiger partial charge in [-0.1, -0.05) is 0 Å². The molecule has 6 heteroatoms. The number of methoxy groups -OCH3 is 1. The van der Waals surface area contributed by atoms with E-state index in [4.69, 9.17) is 4.74 Å². The molecule has 0 saturated carbocycles. The van der Waals surface area contributed by atoms with Crippen molar-refractivity contribution in [2.75, 3.05) is 33.4 Å². The van der Waals surface area contributed by atoms with Crippen LogP contribution in [0, 0.1) is 11.3 Å². The van der Waals surface area contributed by atoms with E-state index in [0.717, 1.165) is 31.5 Å². The van der Waals surface area contributed by atoms with Crippen molar-refractivity contribution in [3.63, 3.8) is 0 Å². The minimum absolute atomic E-state index is 0.0355. The van der Waals surface area contributed by atoms with Crippen LogP contribution in [0.25, 0.3) is 0 Å². The fraction of sp³-hybridized carbons (Fsp3) is 0.625. The molecule has 5 nitrogen and oxygen atoms in total. The van der Waals surface area contributed by atoms with Gasteiger partial charge in [-0.25, -0.2) is 0 Å². The minimum Gasteiger partial charge on any atom is -0.384 e. The van der Waals surface area contributed by atoms with Crippen LogP contribution in [0.1, 0.15) is 18.4 Å². The molecule has 3 heterocycles. The van der Waals surface area contributed by atoms with Gasteiger partial charge in [-0.2, -0.15) is 11.3 Å². The highest BCUT2D eigenvalue weighted by atomic mass is 32.1. The summed E-state index contributed by atoms with van der Waals surface area (Å²) >= 11 is 1.62. The highest BCUT2D eigenvalue weighted by Crippen LogP contribution is 2.42. The van der Waals surface area contributed by atoms with Crippen LogP contribution in [0.4, 0.5) is 0 Å². The molecule has 22 heavy (non-hydrogen) atoms. The van der Waals surface area contributed by atoms with Crippen LogP contribution in [-0.4, -0.2) is 50.1 Å². The lowest BCUT2D eigenvalue weighted by atomic mass is 9.71. The van der Waals surface area contributed by atoms with Crippen molar-refractivity contribution >= 4 is 23.2 Å². The number of hydrogen-bond donors (Lipinski definition) is 1. The summed E-state index contributed by atoms with van der Waals surface area (Å²) in [6, 6.07) is 2.00. The molecule has 0 bridgehead atoms. The Bertz CT molecular complexity index is 536. The number of thiophene rings is 1. The summed E-state index contributed by atoms with van der Waals surface area (Å²) in [6.07, 6.45) is 2.22. The number of likely N-dealkylation sites (tertiary alicyclic amines) is 1. The summed E-state index contributed by atoms with van der Waals surface area (Å²) in [6.45, 7) is 2.65. The van der Waals surface area contributed by atoms with Gasteiger partial charge in [0.1, 0.15) is 0 Å². The molecule has 1 aromatic heterocycles. The van der Waals surface area contributed by atoms with Gasteiger partial charge in [-0.3, -0.25) is 9.59 Å². The molecule has 1 aromatic rings. The lowest BCUT2D eigenvalue weighted by molar-refractivity contribution is -0.134. The molecule has 3 rings (SSSR count). The number of carbonyl (C=O) groups excluding carboxylic acids is 2. The van der Waals surface area contributed by atoms with Crippen LogP contribution >= 0.6 is 11.3 Å². The molecule has 2 amide bonds. The van der Waals surface area contributed by atoms with E-state index in [1.807, 2.05) is 21.7 Å². The zero-order valence-electron chi connectivity index (χ0n) is 12.8. The molecule has 2 saturated heterocycles. The van der Waals surface area contributed by atoms with Crippen molar-refractivity contribution < 1.29 is 14.3 Å². The monoisotopic (exact) mass is 322 g/mol. The second-order valence-electron chi connectivity index (χ2n) is 6.28. The first-order valence-electron chi connectivity index (χ1n) is 7.70. The normalized spacial score (nSPS) is 23.8. The zero-order chi connectivity index (χ0) is 15.6. The van der Waals surface area contributed by atoms with E-state index in [1.54, 1.807) is 18.4 Å². The van der Waals surface area contributed by atoms with Crippen molar-refractivity contribution in [2.24, 2.45) is 11.3 Å². The number of amides is 2. The topological polar surface area (TPSA) is 58.6 Å². The Balaban J connectivity index is 1.60. The highest BCUT2D eigenvalue weighted by molar-refractivity contribution is 7.07. The summed E-state index contributed by atoms with van der Waals surface area (Å²) in [5.41, 5.74) is 1.05. The van der Waals surface area contributed by atoms with Gasteiger partial charge >= 0.3 is 0 Å². The number of ether oxygens (including phenoxy) is 1. The van der Waals surface area contributed by atoms with Crippen molar-refractivity contribution in [1.29, 1.82) is 0 Å². The smallest absolute Gasteiger partial charge is 0.227 e. The number of carbonyl (C=O) groups is 2. The summed E-state index contributed by atoms with van der Waals surface area (Å²) in [4.78, 5) is 26.3. The van der Waals surface area contributed by atoms with Crippen molar-refractivity contribution in [1.82, 2.24) is 10.2 Å². The van der Waals surface area contributed by atoms with Gasteiger partial charge in [-0.05, 0) is 35.2 Å². The first-order chi connectivity index (χ1) is 10.6. The first-order valence-corrected chi connectivity index (χ1v) is 8.64. The molecular formula is C16H22N2O3S. The maximum absolute atomic E-state index is 12.4. The fourth-order valence-corrected chi connectivity index (χ4v) is 4.28. The Hall–Kier alpha value is -1.40. The number of hydrogen-bond acceptors (Lipinski definition) is 4. The second kappa shape index (κ2) is 6.38. The predicted molar refractivity (Wildman–Crippen MR) is 84.6 cm³/mol. The van der Waals surface area contributed by atoms with Crippen molar-refractivity contribution in [3.05, 3.63) is 22.4 Å². The third kappa shape index (κ3) is 2.90. The average Bonchev–Trinajstić information content (AvgIpc) is 3.12. The van der Waals surface area contributed by atoms with Crippen LogP contribution in [0.3, 0.4) is 0 Å². The van der Waals surface area contributed by atoms with Crippen LogP contribution in [-0.2, 0) is 20.7 Å². The van der Waals surface area contributed by atoms with E-state index in [9.17, 15) is 9.59 Å². The fourth-order valence-electron chi connectivity index (χ4n) is 3.61. The van der Waals surface area contributed by atoms with Crippen molar-refractivity contribution in [2.45, 2.75) is 19.3 Å². The molecule has 1 spiro atoms. The van der Waals surface area contributed by atoms with Gasteiger partial charge in [0.05, 0.1) is 18.9 Å².